The van der Waals surface area contributed by atoms with Crippen LogP contribution in [0, 0.1) is 5.92 Å². The maximum atomic E-state index is 12.1. The monoisotopic (exact) mass is 328 g/mol. The first-order valence-corrected chi connectivity index (χ1v) is 8.02. The summed E-state index contributed by atoms with van der Waals surface area (Å²) in [5.74, 6) is -0.517. The van der Waals surface area contributed by atoms with Gasteiger partial charge in [0.25, 0.3) is 0 Å². The standard InChI is InChI=1S/C18H32O5/c1-13(2)8-9-14(3)16(22-12-21-7)10-15(19)11-17(20)23-18(4,5)6/h8,14,16H,9-12H2,1-7H3/t14-,16+/m1/s1. The first kappa shape index (κ1) is 21.8. The second-order valence-corrected chi connectivity index (χ2v) is 7.11. The molecule has 0 aromatic rings. The topological polar surface area (TPSA) is 61.8 Å². The fourth-order valence-corrected chi connectivity index (χ4v) is 1.99. The Hall–Kier alpha value is -1.20. The summed E-state index contributed by atoms with van der Waals surface area (Å²) in [5, 5.41) is 0. The van der Waals surface area contributed by atoms with E-state index in [1.54, 1.807) is 27.9 Å². The highest BCUT2D eigenvalue weighted by Gasteiger charge is 2.24. The summed E-state index contributed by atoms with van der Waals surface area (Å²) >= 11 is 0. The highest BCUT2D eigenvalue weighted by atomic mass is 16.7. The van der Waals surface area contributed by atoms with Crippen LogP contribution in [-0.4, -0.2) is 37.4 Å². The Labute approximate surface area is 140 Å². The van der Waals surface area contributed by atoms with Gasteiger partial charge < -0.3 is 14.2 Å². The lowest BCUT2D eigenvalue weighted by Crippen LogP contribution is -2.29. The number of Topliss-reactive ketones (excluding diaryl/α,β-unsaturated/α-hetero) is 1. The molecule has 5 heteroatoms. The SMILES string of the molecule is COCO[C@@H](CC(=O)CC(=O)OC(C)(C)C)[C@H](C)CC=C(C)C. The predicted octanol–water partition coefficient (Wildman–Crippen LogP) is 3.66. The van der Waals surface area contributed by atoms with Gasteiger partial charge in [0.1, 0.15) is 24.6 Å². The quantitative estimate of drug-likeness (QED) is 0.265. The van der Waals surface area contributed by atoms with Crippen molar-refractivity contribution in [1.82, 2.24) is 0 Å². The van der Waals surface area contributed by atoms with Gasteiger partial charge >= 0.3 is 5.97 Å². The van der Waals surface area contributed by atoms with Crippen molar-refractivity contribution < 1.29 is 23.8 Å². The molecule has 5 nitrogen and oxygen atoms in total. The number of hydrogen-bond donors (Lipinski definition) is 0. The predicted molar refractivity (Wildman–Crippen MR) is 90.0 cm³/mol. The van der Waals surface area contributed by atoms with Crippen molar-refractivity contribution in [1.29, 1.82) is 0 Å². The molecule has 0 aromatic heterocycles. The van der Waals surface area contributed by atoms with Crippen LogP contribution in [0.25, 0.3) is 0 Å². The van der Waals surface area contributed by atoms with E-state index in [0.29, 0.717) is 0 Å². The molecule has 0 spiro atoms. The molecule has 0 saturated carbocycles. The number of allylic oxidation sites excluding steroid dienone is 2. The first-order valence-electron chi connectivity index (χ1n) is 8.02. The van der Waals surface area contributed by atoms with Crippen molar-refractivity contribution in [3.63, 3.8) is 0 Å². The molecule has 0 aliphatic heterocycles. The van der Waals surface area contributed by atoms with E-state index in [9.17, 15) is 9.59 Å². The van der Waals surface area contributed by atoms with E-state index in [1.165, 1.54) is 5.57 Å². The van der Waals surface area contributed by atoms with Crippen molar-refractivity contribution >= 4 is 11.8 Å². The Kier molecular flexibility index (Phi) is 10.0. The summed E-state index contributed by atoms with van der Waals surface area (Å²) in [5.41, 5.74) is 0.641. The Bertz CT molecular complexity index is 402. The first-order chi connectivity index (χ1) is 10.5. The molecule has 0 fully saturated rings. The molecule has 0 radical (unpaired) electrons. The highest BCUT2D eigenvalue weighted by Crippen LogP contribution is 2.19. The Morgan fingerprint density at radius 1 is 1.17 bits per heavy atom. The van der Waals surface area contributed by atoms with Gasteiger partial charge in [-0.05, 0) is 47.0 Å². The van der Waals surface area contributed by atoms with Gasteiger partial charge in [0.15, 0.2) is 0 Å². The average Bonchev–Trinajstić information content (AvgIpc) is 2.38. The van der Waals surface area contributed by atoms with Gasteiger partial charge in [-0.1, -0.05) is 18.6 Å². The molecule has 2 atom stereocenters. The number of carbonyl (C=O) groups excluding carboxylic acids is 2. The van der Waals surface area contributed by atoms with E-state index in [4.69, 9.17) is 14.2 Å². The number of esters is 1. The lowest BCUT2D eigenvalue weighted by atomic mass is 9.95. The molecule has 0 N–H and O–H groups in total. The molecule has 0 aliphatic rings. The number of rotatable bonds is 10. The molecule has 0 amide bonds. The normalized spacial score (nSPS) is 14.0. The number of ether oxygens (including phenoxy) is 3. The van der Waals surface area contributed by atoms with Crippen LogP contribution in [0.1, 0.15) is 60.8 Å². The zero-order valence-corrected chi connectivity index (χ0v) is 15.6. The zero-order chi connectivity index (χ0) is 18.0. The third-order valence-corrected chi connectivity index (χ3v) is 3.12. The summed E-state index contributed by atoms with van der Waals surface area (Å²) < 4.78 is 15.7. The number of ketones is 1. The maximum Gasteiger partial charge on any atom is 0.313 e. The fraction of sp³-hybridized carbons (Fsp3) is 0.778. The van der Waals surface area contributed by atoms with E-state index in [1.807, 2.05) is 20.8 Å². The second-order valence-electron chi connectivity index (χ2n) is 7.11. The lowest BCUT2D eigenvalue weighted by molar-refractivity contribution is -0.157. The van der Waals surface area contributed by atoms with E-state index >= 15 is 0 Å². The van der Waals surface area contributed by atoms with Crippen LogP contribution in [-0.2, 0) is 23.8 Å². The fourth-order valence-electron chi connectivity index (χ4n) is 1.99. The van der Waals surface area contributed by atoms with Crippen LogP contribution in [0.4, 0.5) is 0 Å². The highest BCUT2D eigenvalue weighted by molar-refractivity contribution is 5.95. The Morgan fingerprint density at radius 3 is 2.26 bits per heavy atom. The lowest BCUT2D eigenvalue weighted by Gasteiger charge is -2.23. The van der Waals surface area contributed by atoms with Crippen molar-refractivity contribution in [3.8, 4) is 0 Å². The van der Waals surface area contributed by atoms with Gasteiger partial charge in [0.2, 0.25) is 0 Å². The molecule has 0 unspecified atom stereocenters. The molecule has 0 aromatic carbocycles. The van der Waals surface area contributed by atoms with Crippen LogP contribution < -0.4 is 0 Å². The summed E-state index contributed by atoms with van der Waals surface area (Å²) in [4.78, 5) is 23.8. The van der Waals surface area contributed by atoms with E-state index < -0.39 is 11.6 Å². The summed E-state index contributed by atoms with van der Waals surface area (Å²) in [6, 6.07) is 0. The number of carbonyl (C=O) groups is 2. The zero-order valence-electron chi connectivity index (χ0n) is 15.6. The van der Waals surface area contributed by atoms with Crippen molar-refractivity contribution in [2.24, 2.45) is 5.92 Å². The molecular formula is C18H32O5. The molecule has 0 aliphatic carbocycles. The molecule has 134 valence electrons. The largest absolute Gasteiger partial charge is 0.460 e. The molecule has 0 rings (SSSR count). The van der Waals surface area contributed by atoms with Crippen LogP contribution in [0.2, 0.25) is 0 Å². The van der Waals surface area contributed by atoms with Gasteiger partial charge in [-0.2, -0.15) is 0 Å². The molecular weight excluding hydrogens is 296 g/mol. The minimum absolute atomic E-state index is 0.129. The van der Waals surface area contributed by atoms with E-state index in [-0.39, 0.29) is 37.4 Å². The summed E-state index contributed by atoms with van der Waals surface area (Å²) in [7, 11) is 1.54. The van der Waals surface area contributed by atoms with Crippen LogP contribution >= 0.6 is 0 Å². The van der Waals surface area contributed by atoms with Crippen LogP contribution in [0.5, 0.6) is 0 Å². The molecule has 23 heavy (non-hydrogen) atoms. The van der Waals surface area contributed by atoms with Crippen molar-refractivity contribution in [3.05, 3.63) is 11.6 Å². The summed E-state index contributed by atoms with van der Waals surface area (Å²) in [6.07, 6.45) is 2.61. The second kappa shape index (κ2) is 10.6. The van der Waals surface area contributed by atoms with Gasteiger partial charge in [-0.3, -0.25) is 9.59 Å². The Morgan fingerprint density at radius 2 is 1.78 bits per heavy atom. The third kappa shape index (κ3) is 12.0. The van der Waals surface area contributed by atoms with E-state index in [2.05, 4.69) is 6.08 Å². The minimum Gasteiger partial charge on any atom is -0.460 e. The Balaban J connectivity index is 4.59. The minimum atomic E-state index is -0.583. The van der Waals surface area contributed by atoms with Gasteiger partial charge in [0, 0.05) is 13.5 Å². The number of hydrogen-bond acceptors (Lipinski definition) is 5. The van der Waals surface area contributed by atoms with Gasteiger partial charge in [-0.25, -0.2) is 0 Å². The van der Waals surface area contributed by atoms with Gasteiger partial charge in [0.05, 0.1) is 6.10 Å². The smallest absolute Gasteiger partial charge is 0.313 e. The summed E-state index contributed by atoms with van der Waals surface area (Å²) in [6.45, 7) is 11.6. The van der Waals surface area contributed by atoms with Crippen molar-refractivity contribution in [2.75, 3.05) is 13.9 Å². The molecule has 0 bridgehead atoms. The van der Waals surface area contributed by atoms with Crippen molar-refractivity contribution in [2.45, 2.75) is 72.5 Å². The van der Waals surface area contributed by atoms with Crippen LogP contribution in [0.3, 0.4) is 0 Å². The van der Waals surface area contributed by atoms with Gasteiger partial charge in [-0.15, -0.1) is 0 Å². The van der Waals surface area contributed by atoms with Crippen LogP contribution in [0.15, 0.2) is 11.6 Å². The molecule has 0 heterocycles. The average molecular weight is 328 g/mol. The third-order valence-electron chi connectivity index (χ3n) is 3.12. The van der Waals surface area contributed by atoms with E-state index in [0.717, 1.165) is 6.42 Å². The number of methoxy groups -OCH3 is 1. The maximum absolute atomic E-state index is 12.1. The molecule has 0 saturated heterocycles.